The molecule has 21 heavy (non-hydrogen) atoms. The molecule has 0 saturated carbocycles. The number of hydrogen-bond donors (Lipinski definition) is 2. The molecule has 3 rings (SSSR count). The van der Waals surface area contributed by atoms with Crippen LogP contribution in [-0.4, -0.2) is 41.3 Å². The highest BCUT2D eigenvalue weighted by molar-refractivity contribution is 6.15. The van der Waals surface area contributed by atoms with Crippen molar-refractivity contribution < 1.29 is 29.0 Å². The van der Waals surface area contributed by atoms with Crippen LogP contribution in [0.5, 0.6) is 11.5 Å². The lowest BCUT2D eigenvalue weighted by Gasteiger charge is -2.06. The van der Waals surface area contributed by atoms with Gasteiger partial charge in [0, 0.05) is 0 Å². The number of aliphatic carboxylic acids is 1. The zero-order chi connectivity index (χ0) is 15.0. The first-order valence-electron chi connectivity index (χ1n) is 6.00. The van der Waals surface area contributed by atoms with E-state index in [9.17, 15) is 14.4 Å². The largest absolute Gasteiger partial charge is 0.480 e. The Kier molecular flexibility index (Phi) is 2.98. The molecule has 8 nitrogen and oxygen atoms in total. The van der Waals surface area contributed by atoms with E-state index in [4.69, 9.17) is 14.6 Å². The van der Waals surface area contributed by atoms with Crippen LogP contribution in [0.1, 0.15) is 5.56 Å². The van der Waals surface area contributed by atoms with Gasteiger partial charge >= 0.3 is 12.0 Å². The summed E-state index contributed by atoms with van der Waals surface area (Å²) in [6.45, 7) is -0.541. The second-order valence-corrected chi connectivity index (χ2v) is 4.39. The van der Waals surface area contributed by atoms with Crippen molar-refractivity contribution in [3.63, 3.8) is 0 Å². The normalized spacial score (nSPS) is 18.3. The molecule has 0 atom stereocenters. The van der Waals surface area contributed by atoms with Crippen molar-refractivity contribution in [2.75, 3.05) is 13.3 Å². The molecule has 1 saturated heterocycles. The standard InChI is InChI=1S/C13H10N2O6/c16-11(17)5-15-12(18)8(14-13(15)19)3-7-1-2-9-10(4-7)21-6-20-9/h1-4H,5-6H2,(H,14,19)(H,16,17)/b8-3+. The van der Waals surface area contributed by atoms with Crippen LogP contribution in [0.25, 0.3) is 6.08 Å². The molecule has 2 heterocycles. The number of hydrogen-bond acceptors (Lipinski definition) is 5. The van der Waals surface area contributed by atoms with Crippen LogP contribution in [0.3, 0.4) is 0 Å². The number of carbonyl (C=O) groups excluding carboxylic acids is 2. The average molecular weight is 290 g/mol. The minimum Gasteiger partial charge on any atom is -0.480 e. The molecule has 2 N–H and O–H groups in total. The average Bonchev–Trinajstić information content (AvgIpc) is 2.98. The number of ether oxygens (including phenoxy) is 2. The molecule has 0 aliphatic carbocycles. The summed E-state index contributed by atoms with van der Waals surface area (Å²) in [5, 5.41) is 11.0. The summed E-state index contributed by atoms with van der Waals surface area (Å²) in [6.07, 6.45) is 1.45. The number of carboxylic acid groups (broad SMARTS) is 1. The minimum absolute atomic E-state index is 0.0140. The lowest BCUT2D eigenvalue weighted by molar-refractivity contribution is -0.140. The molecule has 3 amide bonds. The van der Waals surface area contributed by atoms with Crippen molar-refractivity contribution >= 4 is 24.0 Å². The van der Waals surface area contributed by atoms with Gasteiger partial charge in [-0.05, 0) is 23.8 Å². The molecule has 8 heteroatoms. The van der Waals surface area contributed by atoms with Crippen LogP contribution < -0.4 is 14.8 Å². The van der Waals surface area contributed by atoms with Crippen LogP contribution in [-0.2, 0) is 9.59 Å². The molecule has 0 radical (unpaired) electrons. The Balaban J connectivity index is 1.85. The number of carboxylic acids is 1. The predicted octanol–water partition coefficient (Wildman–Crippen LogP) is 0.393. The van der Waals surface area contributed by atoms with Gasteiger partial charge in [0.2, 0.25) is 6.79 Å². The first-order chi connectivity index (χ1) is 10.0. The minimum atomic E-state index is -1.26. The monoisotopic (exact) mass is 290 g/mol. The third-order valence-electron chi connectivity index (χ3n) is 2.96. The van der Waals surface area contributed by atoms with Crippen molar-refractivity contribution in [2.45, 2.75) is 0 Å². The third-order valence-corrected chi connectivity index (χ3v) is 2.96. The fourth-order valence-corrected chi connectivity index (χ4v) is 2.02. The fraction of sp³-hybridized carbons (Fsp3) is 0.154. The van der Waals surface area contributed by atoms with E-state index in [1.54, 1.807) is 18.2 Å². The van der Waals surface area contributed by atoms with E-state index in [1.807, 2.05) is 0 Å². The molecular weight excluding hydrogens is 280 g/mol. The van der Waals surface area contributed by atoms with Gasteiger partial charge in [-0.1, -0.05) is 6.07 Å². The van der Waals surface area contributed by atoms with Crippen molar-refractivity contribution in [1.29, 1.82) is 0 Å². The number of urea groups is 1. The van der Waals surface area contributed by atoms with Gasteiger partial charge < -0.3 is 19.9 Å². The number of nitrogens with one attached hydrogen (secondary N) is 1. The van der Waals surface area contributed by atoms with E-state index in [-0.39, 0.29) is 12.5 Å². The molecule has 2 aliphatic rings. The van der Waals surface area contributed by atoms with Crippen LogP contribution in [0.2, 0.25) is 0 Å². The van der Waals surface area contributed by atoms with Gasteiger partial charge in [-0.3, -0.25) is 9.59 Å². The van der Waals surface area contributed by atoms with Crippen LogP contribution >= 0.6 is 0 Å². The van der Waals surface area contributed by atoms with Gasteiger partial charge in [0.05, 0.1) is 0 Å². The zero-order valence-electron chi connectivity index (χ0n) is 10.7. The number of carbonyl (C=O) groups is 3. The number of fused-ring (bicyclic) bond motifs is 1. The van der Waals surface area contributed by atoms with E-state index in [0.717, 1.165) is 0 Å². The molecular formula is C13H10N2O6. The van der Waals surface area contributed by atoms with Crippen LogP contribution in [0.15, 0.2) is 23.9 Å². The Hall–Kier alpha value is -3.03. The molecule has 1 aromatic rings. The van der Waals surface area contributed by atoms with Gasteiger partial charge in [0.15, 0.2) is 11.5 Å². The number of imide groups is 1. The molecule has 1 fully saturated rings. The Bertz CT molecular complexity index is 681. The lowest BCUT2D eigenvalue weighted by Crippen LogP contribution is -2.35. The van der Waals surface area contributed by atoms with Gasteiger partial charge in [-0.25, -0.2) is 9.69 Å². The lowest BCUT2D eigenvalue weighted by atomic mass is 10.1. The van der Waals surface area contributed by atoms with Crippen molar-refractivity contribution in [3.8, 4) is 11.5 Å². The highest BCUT2D eigenvalue weighted by Gasteiger charge is 2.34. The van der Waals surface area contributed by atoms with E-state index in [1.165, 1.54) is 6.08 Å². The van der Waals surface area contributed by atoms with Crippen molar-refractivity contribution in [1.82, 2.24) is 10.2 Å². The van der Waals surface area contributed by atoms with E-state index in [0.29, 0.717) is 22.0 Å². The quantitative estimate of drug-likeness (QED) is 0.616. The predicted molar refractivity (Wildman–Crippen MR) is 68.4 cm³/mol. The van der Waals surface area contributed by atoms with E-state index < -0.39 is 24.5 Å². The number of nitrogens with zero attached hydrogens (tertiary/aromatic N) is 1. The fourth-order valence-electron chi connectivity index (χ4n) is 2.02. The maximum absolute atomic E-state index is 11.9. The summed E-state index contributed by atoms with van der Waals surface area (Å²) in [5.41, 5.74) is 0.639. The first-order valence-corrected chi connectivity index (χ1v) is 6.00. The number of benzene rings is 1. The molecule has 2 aliphatic heterocycles. The Labute approximate surface area is 118 Å². The maximum Gasteiger partial charge on any atom is 0.329 e. The smallest absolute Gasteiger partial charge is 0.329 e. The Morgan fingerprint density at radius 1 is 1.33 bits per heavy atom. The Morgan fingerprint density at radius 2 is 2.10 bits per heavy atom. The highest BCUT2D eigenvalue weighted by Crippen LogP contribution is 2.33. The zero-order valence-corrected chi connectivity index (χ0v) is 10.7. The second-order valence-electron chi connectivity index (χ2n) is 4.39. The summed E-state index contributed by atoms with van der Waals surface area (Å²) in [4.78, 5) is 34.7. The molecule has 0 unspecified atom stereocenters. The van der Waals surface area contributed by atoms with E-state index >= 15 is 0 Å². The van der Waals surface area contributed by atoms with Gasteiger partial charge in [0.25, 0.3) is 5.91 Å². The summed E-state index contributed by atoms with van der Waals surface area (Å²) < 4.78 is 10.4. The Morgan fingerprint density at radius 3 is 2.86 bits per heavy atom. The van der Waals surface area contributed by atoms with Crippen LogP contribution in [0, 0.1) is 0 Å². The summed E-state index contributed by atoms with van der Waals surface area (Å²) in [6, 6.07) is 4.29. The van der Waals surface area contributed by atoms with Crippen LogP contribution in [0.4, 0.5) is 4.79 Å². The van der Waals surface area contributed by atoms with Crippen molar-refractivity contribution in [3.05, 3.63) is 29.5 Å². The topological polar surface area (TPSA) is 105 Å². The third kappa shape index (κ3) is 2.38. The maximum atomic E-state index is 11.9. The SMILES string of the molecule is O=C(O)CN1C(=O)N/C(=C/c2ccc3c(c2)OCO3)C1=O. The van der Waals surface area contributed by atoms with Crippen molar-refractivity contribution in [2.24, 2.45) is 0 Å². The van der Waals surface area contributed by atoms with E-state index in [2.05, 4.69) is 5.32 Å². The highest BCUT2D eigenvalue weighted by atomic mass is 16.7. The summed E-state index contributed by atoms with van der Waals surface area (Å²) in [5.74, 6) is -0.794. The van der Waals surface area contributed by atoms with Gasteiger partial charge in [0.1, 0.15) is 12.2 Å². The second kappa shape index (κ2) is 4.82. The van der Waals surface area contributed by atoms with Gasteiger partial charge in [-0.2, -0.15) is 0 Å². The molecule has 0 bridgehead atoms. The molecule has 0 aromatic heterocycles. The first kappa shape index (κ1) is 13.0. The van der Waals surface area contributed by atoms with Gasteiger partial charge in [-0.15, -0.1) is 0 Å². The molecule has 108 valence electrons. The number of amides is 3. The summed E-state index contributed by atoms with van der Waals surface area (Å²) in [7, 11) is 0. The summed E-state index contributed by atoms with van der Waals surface area (Å²) >= 11 is 0. The number of rotatable bonds is 3. The molecule has 0 spiro atoms. The molecule has 1 aromatic carbocycles.